The minimum atomic E-state index is -0.313. The fraction of sp³-hybridized carbons (Fsp3) is 0.0476. The lowest BCUT2D eigenvalue weighted by Gasteiger charge is -2.21. The van der Waals surface area contributed by atoms with Crippen molar-refractivity contribution >= 4 is 39.5 Å². The van der Waals surface area contributed by atoms with E-state index in [0.29, 0.717) is 5.56 Å². The summed E-state index contributed by atoms with van der Waals surface area (Å²) in [6, 6.07) is 20.2. The van der Waals surface area contributed by atoms with E-state index in [1.165, 1.54) is 17.4 Å². The number of ether oxygens (including phenoxy) is 1. The first-order chi connectivity index (χ1) is 12.3. The number of pyridine rings is 1. The first-order valence-corrected chi connectivity index (χ1v) is 8.80. The summed E-state index contributed by atoms with van der Waals surface area (Å²) in [6.07, 6.45) is 0. The lowest BCUT2D eigenvalue weighted by molar-refractivity contribution is 0.0600. The molecule has 2 heterocycles. The Hall–Kier alpha value is -2.85. The van der Waals surface area contributed by atoms with Crippen molar-refractivity contribution < 1.29 is 9.53 Å². The Labute approximate surface area is 148 Å². The van der Waals surface area contributed by atoms with Crippen LogP contribution in [0.3, 0.4) is 0 Å². The van der Waals surface area contributed by atoms with Crippen LogP contribution in [0.15, 0.2) is 70.5 Å². The molecule has 0 N–H and O–H groups in total. The molecule has 0 spiro atoms. The Morgan fingerprint density at radius 3 is 2.68 bits per heavy atom. The molecule has 0 fully saturated rings. The first kappa shape index (κ1) is 14.5. The van der Waals surface area contributed by atoms with Gasteiger partial charge in [0, 0.05) is 20.6 Å². The average molecular weight is 343 g/mol. The second-order valence-corrected chi connectivity index (χ2v) is 7.01. The van der Waals surface area contributed by atoms with E-state index in [1.807, 2.05) is 42.5 Å². The van der Waals surface area contributed by atoms with Crippen molar-refractivity contribution in [3.63, 3.8) is 0 Å². The number of aromatic nitrogens is 1. The molecule has 3 nitrogen and oxygen atoms in total. The molecule has 3 aromatic carbocycles. The van der Waals surface area contributed by atoms with Crippen molar-refractivity contribution in [1.82, 2.24) is 4.98 Å². The van der Waals surface area contributed by atoms with Gasteiger partial charge in [-0.3, -0.25) is 0 Å². The van der Waals surface area contributed by atoms with Crippen LogP contribution in [0.2, 0.25) is 0 Å². The number of carbonyl (C=O) groups is 1. The summed E-state index contributed by atoms with van der Waals surface area (Å²) in [4.78, 5) is 19.0. The minimum absolute atomic E-state index is 0.313. The highest BCUT2D eigenvalue weighted by molar-refractivity contribution is 8.00. The summed E-state index contributed by atoms with van der Waals surface area (Å²) in [5.41, 5.74) is 4.86. The van der Waals surface area contributed by atoms with Crippen molar-refractivity contribution in [3.8, 4) is 11.1 Å². The van der Waals surface area contributed by atoms with Gasteiger partial charge in [-0.2, -0.15) is 0 Å². The highest BCUT2D eigenvalue weighted by Crippen LogP contribution is 2.50. The smallest absolute Gasteiger partial charge is 0.337 e. The standard InChI is InChI=1S/C21H13NO2S/c1-24-21(23)12-9-10-13-14-6-4-8-17-19(14)20(25-18(13)11-12)15-5-2-3-7-16(15)22-17/h2-11H,1H3. The Balaban J connectivity index is 1.87. The Morgan fingerprint density at radius 2 is 1.80 bits per heavy atom. The van der Waals surface area contributed by atoms with Gasteiger partial charge in [-0.05, 0) is 35.4 Å². The number of rotatable bonds is 1. The van der Waals surface area contributed by atoms with Gasteiger partial charge in [-0.25, -0.2) is 9.78 Å². The summed E-state index contributed by atoms with van der Waals surface area (Å²) in [6.45, 7) is 0. The molecule has 1 aliphatic rings. The maximum Gasteiger partial charge on any atom is 0.337 e. The van der Waals surface area contributed by atoms with Gasteiger partial charge in [0.1, 0.15) is 0 Å². The number of hydrogen-bond acceptors (Lipinski definition) is 4. The van der Waals surface area contributed by atoms with Crippen molar-refractivity contribution in [2.75, 3.05) is 7.11 Å². The third-order valence-electron chi connectivity index (χ3n) is 4.56. The number of carbonyl (C=O) groups excluding carboxylic acids is 1. The number of esters is 1. The van der Waals surface area contributed by atoms with Crippen LogP contribution in [-0.4, -0.2) is 18.1 Å². The SMILES string of the molecule is COC(=O)c1ccc2c(c1)Sc1c3ccccc3nc3cccc-2c13. The molecule has 120 valence electrons. The molecule has 25 heavy (non-hydrogen) atoms. The second kappa shape index (κ2) is 5.33. The van der Waals surface area contributed by atoms with Crippen LogP contribution in [0, 0.1) is 0 Å². The van der Waals surface area contributed by atoms with Gasteiger partial charge < -0.3 is 4.74 Å². The van der Waals surface area contributed by atoms with E-state index in [2.05, 4.69) is 18.2 Å². The van der Waals surface area contributed by atoms with Crippen molar-refractivity contribution in [3.05, 3.63) is 66.2 Å². The maximum atomic E-state index is 11.9. The van der Waals surface area contributed by atoms with E-state index in [4.69, 9.17) is 9.72 Å². The predicted octanol–water partition coefficient (Wildman–Crippen LogP) is 5.31. The van der Waals surface area contributed by atoms with E-state index >= 15 is 0 Å². The van der Waals surface area contributed by atoms with Crippen LogP contribution in [0.25, 0.3) is 32.9 Å². The van der Waals surface area contributed by atoms with Gasteiger partial charge >= 0.3 is 5.97 Å². The van der Waals surface area contributed by atoms with Gasteiger partial charge in [-0.15, -0.1) is 0 Å². The lowest BCUT2D eigenvalue weighted by atomic mass is 9.97. The zero-order chi connectivity index (χ0) is 17.0. The van der Waals surface area contributed by atoms with Gasteiger partial charge in [0.2, 0.25) is 0 Å². The highest BCUT2D eigenvalue weighted by Gasteiger charge is 2.23. The largest absolute Gasteiger partial charge is 0.465 e. The summed E-state index contributed by atoms with van der Waals surface area (Å²) in [5, 5.41) is 2.33. The Kier molecular flexibility index (Phi) is 3.09. The quantitative estimate of drug-likeness (QED) is 0.305. The molecule has 1 aromatic heterocycles. The molecule has 0 radical (unpaired) electrons. The molecule has 0 saturated heterocycles. The Bertz CT molecular complexity index is 1180. The highest BCUT2D eigenvalue weighted by atomic mass is 32.2. The average Bonchev–Trinajstić information content (AvgIpc) is 2.67. The van der Waals surface area contributed by atoms with Crippen molar-refractivity contribution in [1.29, 1.82) is 0 Å². The molecular weight excluding hydrogens is 330 g/mol. The fourth-order valence-electron chi connectivity index (χ4n) is 3.41. The summed E-state index contributed by atoms with van der Waals surface area (Å²) in [7, 11) is 1.41. The molecule has 0 aliphatic carbocycles. The van der Waals surface area contributed by atoms with E-state index in [1.54, 1.807) is 11.8 Å². The molecule has 0 saturated carbocycles. The summed E-state index contributed by atoms with van der Waals surface area (Å²) >= 11 is 1.70. The molecular formula is C21H13NO2S. The number of hydrogen-bond donors (Lipinski definition) is 0. The number of fused-ring (bicyclic) bond motifs is 4. The topological polar surface area (TPSA) is 39.2 Å². The maximum absolute atomic E-state index is 11.9. The van der Waals surface area contributed by atoms with E-state index in [9.17, 15) is 4.79 Å². The lowest BCUT2D eigenvalue weighted by Crippen LogP contribution is -2.03. The molecule has 0 unspecified atom stereocenters. The predicted molar refractivity (Wildman–Crippen MR) is 100 cm³/mol. The van der Waals surface area contributed by atoms with Crippen LogP contribution in [0.5, 0.6) is 0 Å². The number of para-hydroxylation sites is 1. The molecule has 0 bridgehead atoms. The zero-order valence-electron chi connectivity index (χ0n) is 13.4. The zero-order valence-corrected chi connectivity index (χ0v) is 14.3. The van der Waals surface area contributed by atoms with E-state index in [0.717, 1.165) is 32.4 Å². The van der Waals surface area contributed by atoms with E-state index < -0.39 is 0 Å². The Morgan fingerprint density at radius 1 is 0.960 bits per heavy atom. The summed E-state index contributed by atoms with van der Waals surface area (Å²) in [5.74, 6) is -0.313. The number of nitrogens with zero attached hydrogens (tertiary/aromatic N) is 1. The third kappa shape index (κ3) is 2.07. The monoisotopic (exact) mass is 343 g/mol. The number of methoxy groups -OCH3 is 1. The van der Waals surface area contributed by atoms with Crippen LogP contribution in [0.4, 0.5) is 0 Å². The van der Waals surface area contributed by atoms with Gasteiger partial charge in [0.15, 0.2) is 0 Å². The first-order valence-electron chi connectivity index (χ1n) is 7.98. The molecule has 0 atom stereocenters. The molecule has 0 amide bonds. The van der Waals surface area contributed by atoms with Crippen molar-refractivity contribution in [2.24, 2.45) is 0 Å². The van der Waals surface area contributed by atoms with Gasteiger partial charge in [-0.1, -0.05) is 48.2 Å². The second-order valence-electron chi connectivity index (χ2n) is 5.96. The fourth-order valence-corrected chi connectivity index (χ4v) is 4.71. The van der Waals surface area contributed by atoms with E-state index in [-0.39, 0.29) is 5.97 Å². The molecule has 5 rings (SSSR count). The molecule has 4 heteroatoms. The van der Waals surface area contributed by atoms with Crippen LogP contribution < -0.4 is 0 Å². The van der Waals surface area contributed by atoms with Crippen molar-refractivity contribution in [2.45, 2.75) is 9.79 Å². The van der Waals surface area contributed by atoms with Crippen LogP contribution in [0.1, 0.15) is 10.4 Å². The van der Waals surface area contributed by atoms with Crippen LogP contribution >= 0.6 is 11.8 Å². The van der Waals surface area contributed by atoms with Gasteiger partial charge in [0.05, 0.1) is 23.7 Å². The molecule has 1 aliphatic heterocycles. The molecule has 4 aromatic rings. The number of benzene rings is 3. The normalized spacial score (nSPS) is 12.2. The minimum Gasteiger partial charge on any atom is -0.465 e. The van der Waals surface area contributed by atoms with Gasteiger partial charge in [0.25, 0.3) is 0 Å². The van der Waals surface area contributed by atoms with Crippen LogP contribution in [-0.2, 0) is 4.74 Å². The summed E-state index contributed by atoms with van der Waals surface area (Å²) < 4.78 is 4.87. The third-order valence-corrected chi connectivity index (χ3v) is 5.75.